The van der Waals surface area contributed by atoms with Gasteiger partial charge < -0.3 is 14.1 Å². The van der Waals surface area contributed by atoms with Gasteiger partial charge in [-0.15, -0.1) is 0 Å². The van der Waals surface area contributed by atoms with E-state index in [1.807, 2.05) is 79.4 Å². The van der Waals surface area contributed by atoms with Crippen LogP contribution in [-0.4, -0.2) is 40.5 Å². The quantitative estimate of drug-likeness (QED) is 0.227. The van der Waals surface area contributed by atoms with E-state index in [0.717, 1.165) is 10.9 Å². The van der Waals surface area contributed by atoms with Gasteiger partial charge in [-0.3, -0.25) is 14.8 Å². The molecule has 0 aliphatic rings. The van der Waals surface area contributed by atoms with Crippen molar-refractivity contribution in [2.24, 2.45) is 12.0 Å². The number of fused-ring (bicyclic) bond motifs is 2. The summed E-state index contributed by atoms with van der Waals surface area (Å²) in [6.45, 7) is 7.74. The zero-order valence-electron chi connectivity index (χ0n) is 22.2. The molecule has 0 radical (unpaired) electrons. The molecule has 9 heteroatoms. The van der Waals surface area contributed by atoms with Gasteiger partial charge in [0.1, 0.15) is 11.1 Å². The third-order valence-corrected chi connectivity index (χ3v) is 8.28. The summed E-state index contributed by atoms with van der Waals surface area (Å²) < 4.78 is 29.9. The Morgan fingerprint density at radius 1 is 1.18 bits per heavy atom. The fourth-order valence-corrected chi connectivity index (χ4v) is 6.15. The van der Waals surface area contributed by atoms with Crippen molar-refractivity contribution in [3.63, 3.8) is 0 Å². The van der Waals surface area contributed by atoms with Crippen molar-refractivity contribution < 1.29 is 8.42 Å². The number of allylic oxidation sites excluding steroid dienone is 4. The number of H-pyrrole nitrogens is 1. The molecule has 5 aromatic rings. The van der Waals surface area contributed by atoms with E-state index in [9.17, 15) is 13.2 Å². The largest absolute Gasteiger partial charge is 0.345 e. The summed E-state index contributed by atoms with van der Waals surface area (Å²) in [4.78, 5) is 24.5. The Morgan fingerprint density at radius 3 is 2.64 bits per heavy atom. The highest BCUT2D eigenvalue weighted by atomic mass is 32.2. The Labute approximate surface area is 226 Å². The van der Waals surface area contributed by atoms with Crippen molar-refractivity contribution in [2.75, 3.05) is 6.26 Å². The van der Waals surface area contributed by atoms with Crippen molar-refractivity contribution in [1.82, 2.24) is 19.1 Å². The number of sulfone groups is 1. The molecule has 0 saturated heterocycles. The van der Waals surface area contributed by atoms with Gasteiger partial charge in [0.2, 0.25) is 0 Å². The molecule has 4 heterocycles. The smallest absolute Gasteiger partial charge is 0.272 e. The van der Waals surface area contributed by atoms with Crippen LogP contribution in [0.5, 0.6) is 0 Å². The fourth-order valence-electron chi connectivity index (χ4n) is 5.24. The van der Waals surface area contributed by atoms with E-state index in [2.05, 4.69) is 21.7 Å². The van der Waals surface area contributed by atoms with E-state index in [0.29, 0.717) is 33.4 Å². The van der Waals surface area contributed by atoms with Gasteiger partial charge in [0.25, 0.3) is 5.56 Å². The number of rotatable bonds is 7. The van der Waals surface area contributed by atoms with Gasteiger partial charge in [0, 0.05) is 54.4 Å². The molecule has 39 heavy (non-hydrogen) atoms. The molecule has 1 aromatic carbocycles. The van der Waals surface area contributed by atoms with Crippen molar-refractivity contribution in [3.8, 4) is 11.1 Å². The number of aromatic amines is 1. The first-order valence-electron chi connectivity index (χ1n) is 12.4. The Hall–Kier alpha value is -4.50. The topological polar surface area (TPSA) is 102 Å². The van der Waals surface area contributed by atoms with Crippen LogP contribution in [-0.2, 0) is 22.4 Å². The van der Waals surface area contributed by atoms with Crippen LogP contribution in [0, 0.1) is 0 Å². The standard InChI is InChI=1S/C30H29N5O3S/c1-6-7-10-26(31-3)30(2,27-11-8-9-14-32-27)35-16-13-22-24(35)17-20(18-25(22)39(5,37)38)23-19-34(4)28-21(23)12-15-33-29(28)36/h6-19H,3H2,1-2,4-5H3,(H,33,36)/b7-6-,26-10-. The number of aromatic nitrogens is 4. The molecule has 0 aliphatic heterocycles. The SMILES string of the molecule is C=N/C(=C\C=C/C)C(C)(c1ccccn1)n1ccc2c(S(C)(=O)=O)cc(-c3cn(C)c4c(=O)[nH]ccc34)cc21. The lowest BCUT2D eigenvalue weighted by molar-refractivity contribution is 0.463. The number of benzene rings is 1. The van der Waals surface area contributed by atoms with Crippen LogP contribution in [0.2, 0.25) is 0 Å². The Bertz CT molecular complexity index is 1960. The van der Waals surface area contributed by atoms with Crippen molar-refractivity contribution in [2.45, 2.75) is 24.3 Å². The van der Waals surface area contributed by atoms with Crippen LogP contribution in [0.4, 0.5) is 0 Å². The second-order valence-corrected chi connectivity index (χ2v) is 11.6. The highest BCUT2D eigenvalue weighted by molar-refractivity contribution is 7.91. The number of nitrogens with one attached hydrogen (secondary N) is 1. The number of hydrogen-bond acceptors (Lipinski definition) is 5. The summed E-state index contributed by atoms with van der Waals surface area (Å²) >= 11 is 0. The second-order valence-electron chi connectivity index (χ2n) is 9.61. The average molecular weight is 540 g/mol. The lowest BCUT2D eigenvalue weighted by atomic mass is 9.91. The van der Waals surface area contributed by atoms with Gasteiger partial charge in [-0.2, -0.15) is 0 Å². The van der Waals surface area contributed by atoms with E-state index in [-0.39, 0.29) is 10.5 Å². The van der Waals surface area contributed by atoms with E-state index in [1.54, 1.807) is 36.1 Å². The highest BCUT2D eigenvalue weighted by Gasteiger charge is 2.36. The van der Waals surface area contributed by atoms with Crippen LogP contribution in [0.25, 0.3) is 32.9 Å². The maximum Gasteiger partial charge on any atom is 0.272 e. The van der Waals surface area contributed by atoms with Crippen LogP contribution in [0.1, 0.15) is 19.5 Å². The minimum absolute atomic E-state index is 0.199. The predicted molar refractivity (Wildman–Crippen MR) is 157 cm³/mol. The summed E-state index contributed by atoms with van der Waals surface area (Å²) in [5.74, 6) is 0. The predicted octanol–water partition coefficient (Wildman–Crippen LogP) is 5.21. The Balaban J connectivity index is 1.91. The van der Waals surface area contributed by atoms with Gasteiger partial charge in [-0.05, 0) is 68.6 Å². The van der Waals surface area contributed by atoms with Gasteiger partial charge in [0.05, 0.1) is 21.8 Å². The second kappa shape index (κ2) is 9.67. The third-order valence-electron chi connectivity index (χ3n) is 7.14. The number of hydrogen-bond donors (Lipinski definition) is 1. The molecular weight excluding hydrogens is 510 g/mol. The Kier molecular flexibility index (Phi) is 6.47. The molecule has 4 aromatic heterocycles. The number of aryl methyl sites for hydroxylation is 1. The van der Waals surface area contributed by atoms with Gasteiger partial charge in [0.15, 0.2) is 9.84 Å². The first-order chi connectivity index (χ1) is 18.6. The lowest BCUT2D eigenvalue weighted by Gasteiger charge is -2.32. The molecule has 198 valence electrons. The summed E-state index contributed by atoms with van der Waals surface area (Å²) in [6.07, 6.45) is 13.9. The zero-order chi connectivity index (χ0) is 27.9. The summed E-state index contributed by atoms with van der Waals surface area (Å²) in [6, 6.07) is 12.9. The molecule has 0 spiro atoms. The van der Waals surface area contributed by atoms with E-state index < -0.39 is 15.4 Å². The van der Waals surface area contributed by atoms with Gasteiger partial charge >= 0.3 is 0 Å². The van der Waals surface area contributed by atoms with Crippen molar-refractivity contribution in [3.05, 3.63) is 107 Å². The fraction of sp³-hybridized carbons (Fsp3) is 0.167. The molecule has 8 nitrogen and oxygen atoms in total. The van der Waals surface area contributed by atoms with Crippen molar-refractivity contribution >= 4 is 38.4 Å². The third kappa shape index (κ3) is 4.24. The normalized spacial score (nSPS) is 14.3. The number of nitrogens with zero attached hydrogens (tertiary/aromatic N) is 4. The molecule has 0 amide bonds. The first kappa shape index (κ1) is 26.1. The number of aliphatic imine (C=N–C) groups is 1. The van der Waals surface area contributed by atoms with E-state index >= 15 is 0 Å². The molecule has 1 atom stereocenters. The molecule has 0 aliphatic carbocycles. The van der Waals surface area contributed by atoms with Gasteiger partial charge in [-0.25, -0.2) is 8.42 Å². The van der Waals surface area contributed by atoms with Crippen LogP contribution < -0.4 is 5.56 Å². The highest BCUT2D eigenvalue weighted by Crippen LogP contribution is 2.40. The Morgan fingerprint density at radius 2 is 1.97 bits per heavy atom. The summed E-state index contributed by atoms with van der Waals surface area (Å²) in [5.41, 5.74) is 2.83. The maximum absolute atomic E-state index is 13.1. The summed E-state index contributed by atoms with van der Waals surface area (Å²) in [5, 5.41) is 1.31. The molecule has 5 rings (SSSR count). The van der Waals surface area contributed by atoms with Crippen LogP contribution in [0.3, 0.4) is 0 Å². The van der Waals surface area contributed by atoms with Crippen LogP contribution in [0.15, 0.2) is 106 Å². The monoisotopic (exact) mass is 539 g/mol. The average Bonchev–Trinajstić information content (AvgIpc) is 3.50. The zero-order valence-corrected chi connectivity index (χ0v) is 23.0. The lowest BCUT2D eigenvalue weighted by Crippen LogP contribution is -2.33. The molecule has 1 unspecified atom stereocenters. The summed E-state index contributed by atoms with van der Waals surface area (Å²) in [7, 11) is -1.82. The van der Waals surface area contributed by atoms with Crippen molar-refractivity contribution in [1.29, 1.82) is 0 Å². The van der Waals surface area contributed by atoms with Gasteiger partial charge in [-0.1, -0.05) is 18.2 Å². The van der Waals surface area contributed by atoms with E-state index in [1.165, 1.54) is 6.26 Å². The van der Waals surface area contributed by atoms with Crippen LogP contribution >= 0.6 is 0 Å². The maximum atomic E-state index is 13.1. The van der Waals surface area contributed by atoms with E-state index in [4.69, 9.17) is 0 Å². The molecule has 1 N–H and O–H groups in total. The first-order valence-corrected chi connectivity index (χ1v) is 14.2. The minimum atomic E-state index is -3.62. The molecule has 0 fully saturated rings. The number of pyridine rings is 2. The molecule has 0 bridgehead atoms. The molecular formula is C30H29N5O3S. The molecule has 0 saturated carbocycles. The minimum Gasteiger partial charge on any atom is -0.345 e.